The van der Waals surface area contributed by atoms with E-state index < -0.39 is 10.0 Å². The van der Waals surface area contributed by atoms with E-state index in [1.165, 1.54) is 11.1 Å². The Kier molecular flexibility index (Phi) is 5.85. The Hall–Kier alpha value is -2.57. The van der Waals surface area contributed by atoms with Crippen LogP contribution in [0.1, 0.15) is 55.8 Å². The van der Waals surface area contributed by atoms with Crippen LogP contribution < -0.4 is 10.0 Å². The monoisotopic (exact) mass is 536 g/mol. The Balaban J connectivity index is 1.46. The number of rotatable bonds is 4. The lowest BCUT2D eigenvalue weighted by Crippen LogP contribution is -2.29. The molecule has 5 rings (SSSR count). The molecule has 3 aromatic carbocycles. The average Bonchev–Trinajstić information content (AvgIpc) is 3.28. The maximum atomic E-state index is 13.1. The zero-order chi connectivity index (χ0) is 24.1. The van der Waals surface area contributed by atoms with Crippen molar-refractivity contribution in [2.24, 2.45) is 5.92 Å². The summed E-state index contributed by atoms with van der Waals surface area (Å²) >= 11 is 3.39. The number of sulfonamides is 1. The van der Waals surface area contributed by atoms with E-state index in [2.05, 4.69) is 83.2 Å². The molecule has 0 amide bonds. The molecule has 0 bridgehead atoms. The number of halogens is 1. The van der Waals surface area contributed by atoms with Gasteiger partial charge in [0.1, 0.15) is 0 Å². The second-order valence-electron chi connectivity index (χ2n) is 10.2. The fourth-order valence-electron chi connectivity index (χ4n) is 5.03. The van der Waals surface area contributed by atoms with Gasteiger partial charge in [-0.1, -0.05) is 79.2 Å². The molecule has 0 saturated carbocycles. The van der Waals surface area contributed by atoms with Gasteiger partial charge in [0.2, 0.25) is 0 Å². The van der Waals surface area contributed by atoms with E-state index in [0.717, 1.165) is 22.1 Å². The maximum absolute atomic E-state index is 13.1. The third-order valence-corrected chi connectivity index (χ3v) is 8.73. The van der Waals surface area contributed by atoms with Crippen molar-refractivity contribution in [1.29, 1.82) is 0 Å². The average molecular weight is 538 g/mol. The van der Waals surface area contributed by atoms with Crippen molar-refractivity contribution in [1.82, 2.24) is 0 Å². The largest absolute Gasteiger partial charge is 0.378 e. The first-order valence-electron chi connectivity index (χ1n) is 11.6. The van der Waals surface area contributed by atoms with Crippen molar-refractivity contribution in [3.8, 4) is 0 Å². The fraction of sp³-hybridized carbons (Fsp3) is 0.286. The number of anilines is 2. The van der Waals surface area contributed by atoms with Gasteiger partial charge >= 0.3 is 0 Å². The molecule has 2 N–H and O–H groups in total. The van der Waals surface area contributed by atoms with Crippen LogP contribution in [0.2, 0.25) is 0 Å². The summed E-state index contributed by atoms with van der Waals surface area (Å²) in [5, 5.41) is 3.72. The van der Waals surface area contributed by atoms with E-state index in [1.54, 1.807) is 24.3 Å². The van der Waals surface area contributed by atoms with Gasteiger partial charge in [-0.15, -0.1) is 0 Å². The predicted molar refractivity (Wildman–Crippen MR) is 143 cm³/mol. The fourth-order valence-corrected chi connectivity index (χ4v) is 6.51. The first-order chi connectivity index (χ1) is 16.1. The predicted octanol–water partition coefficient (Wildman–Crippen LogP) is 7.37. The highest BCUT2D eigenvalue weighted by Gasteiger charge is 2.38. The Morgan fingerprint density at radius 1 is 1.00 bits per heavy atom. The molecular weight excluding hydrogens is 508 g/mol. The number of hydrogen-bond donors (Lipinski definition) is 2. The van der Waals surface area contributed by atoms with Crippen LogP contribution in [0.3, 0.4) is 0 Å². The Morgan fingerprint density at radius 2 is 1.76 bits per heavy atom. The molecule has 0 spiro atoms. The van der Waals surface area contributed by atoms with Crippen LogP contribution in [-0.4, -0.2) is 8.42 Å². The highest BCUT2D eigenvalue weighted by molar-refractivity contribution is 9.10. The molecule has 1 aliphatic heterocycles. The van der Waals surface area contributed by atoms with E-state index in [-0.39, 0.29) is 22.3 Å². The van der Waals surface area contributed by atoms with Crippen molar-refractivity contribution in [3.63, 3.8) is 0 Å². The molecule has 3 aromatic rings. The number of fused-ring (bicyclic) bond motifs is 3. The highest BCUT2D eigenvalue weighted by atomic mass is 79.9. The van der Waals surface area contributed by atoms with Gasteiger partial charge in [-0.2, -0.15) is 0 Å². The number of allylic oxidation sites excluding steroid dienone is 2. The van der Waals surface area contributed by atoms with Gasteiger partial charge in [-0.05, 0) is 70.8 Å². The van der Waals surface area contributed by atoms with E-state index in [9.17, 15) is 8.42 Å². The minimum atomic E-state index is -3.70. The third kappa shape index (κ3) is 4.41. The summed E-state index contributed by atoms with van der Waals surface area (Å²) in [4.78, 5) is 0.278. The van der Waals surface area contributed by atoms with Gasteiger partial charge in [0.05, 0.1) is 10.9 Å². The summed E-state index contributed by atoms with van der Waals surface area (Å²) in [6.07, 6.45) is 5.43. The SMILES string of the molecule is CC(C)(C)c1ccc([C@H]2Nc3ccc(S(=O)(=O)Nc4cccc(Br)c4)cc3[C@H]3C=CC[C@H]32)cc1. The van der Waals surface area contributed by atoms with E-state index in [4.69, 9.17) is 0 Å². The molecule has 0 aromatic heterocycles. The zero-order valence-corrected chi connectivity index (χ0v) is 21.9. The van der Waals surface area contributed by atoms with E-state index in [0.29, 0.717) is 11.6 Å². The molecule has 0 fully saturated rings. The van der Waals surface area contributed by atoms with Crippen LogP contribution in [0.15, 0.2) is 88.3 Å². The molecule has 0 radical (unpaired) electrons. The summed E-state index contributed by atoms with van der Waals surface area (Å²) in [7, 11) is -3.70. The van der Waals surface area contributed by atoms with Crippen molar-refractivity contribution in [3.05, 3.63) is 100 Å². The van der Waals surface area contributed by atoms with Crippen molar-refractivity contribution >= 4 is 37.3 Å². The van der Waals surface area contributed by atoms with Crippen LogP contribution in [-0.2, 0) is 15.4 Å². The summed E-state index contributed by atoms with van der Waals surface area (Å²) in [5.41, 5.74) is 5.28. The van der Waals surface area contributed by atoms with Gasteiger partial charge in [0.25, 0.3) is 10.0 Å². The van der Waals surface area contributed by atoms with Gasteiger partial charge in [0.15, 0.2) is 0 Å². The standard InChI is InChI=1S/C28H29BrN2O2S/c1-28(2,3)19-12-10-18(11-13-19)27-24-9-5-8-23(24)25-17-22(14-15-26(25)30-27)34(32,33)31-21-7-4-6-20(29)16-21/h4-8,10-17,23-24,27,30-31H,9H2,1-3H3/t23-,24+,27+/m0/s1. The molecule has 176 valence electrons. The van der Waals surface area contributed by atoms with Crippen LogP contribution in [0.5, 0.6) is 0 Å². The van der Waals surface area contributed by atoms with E-state index >= 15 is 0 Å². The molecule has 3 atom stereocenters. The molecule has 0 unspecified atom stereocenters. The van der Waals surface area contributed by atoms with E-state index in [1.807, 2.05) is 18.2 Å². The molecule has 4 nitrogen and oxygen atoms in total. The lowest BCUT2D eigenvalue weighted by Gasteiger charge is -2.38. The summed E-state index contributed by atoms with van der Waals surface area (Å²) in [6.45, 7) is 6.68. The molecule has 2 aliphatic rings. The maximum Gasteiger partial charge on any atom is 0.261 e. The second kappa shape index (κ2) is 8.58. The van der Waals surface area contributed by atoms with Crippen LogP contribution in [0.25, 0.3) is 0 Å². The van der Waals surface area contributed by atoms with Gasteiger partial charge in [-0.3, -0.25) is 4.72 Å². The van der Waals surface area contributed by atoms with Gasteiger partial charge in [-0.25, -0.2) is 8.42 Å². The summed E-state index contributed by atoms with van der Waals surface area (Å²) in [5.74, 6) is 0.536. The zero-order valence-electron chi connectivity index (χ0n) is 19.5. The lowest BCUT2D eigenvalue weighted by molar-refractivity contribution is 0.425. The Morgan fingerprint density at radius 3 is 2.47 bits per heavy atom. The molecule has 0 saturated heterocycles. The minimum Gasteiger partial charge on any atom is -0.378 e. The molecular formula is C28H29BrN2O2S. The van der Waals surface area contributed by atoms with Gasteiger partial charge in [0, 0.05) is 21.8 Å². The lowest BCUT2D eigenvalue weighted by atomic mass is 9.76. The number of hydrogen-bond acceptors (Lipinski definition) is 3. The number of benzene rings is 3. The quantitative estimate of drug-likeness (QED) is 0.342. The first kappa shape index (κ1) is 23.2. The number of nitrogens with one attached hydrogen (secondary N) is 2. The highest BCUT2D eigenvalue weighted by Crippen LogP contribution is 2.50. The topological polar surface area (TPSA) is 58.2 Å². The summed E-state index contributed by atoms with van der Waals surface area (Å²) < 4.78 is 29.8. The smallest absolute Gasteiger partial charge is 0.261 e. The van der Waals surface area contributed by atoms with Crippen molar-refractivity contribution in [2.45, 2.75) is 49.5 Å². The van der Waals surface area contributed by atoms with Crippen LogP contribution in [0, 0.1) is 5.92 Å². The minimum absolute atomic E-state index is 0.119. The van der Waals surface area contributed by atoms with Crippen molar-refractivity contribution in [2.75, 3.05) is 10.0 Å². The molecule has 1 aliphatic carbocycles. The summed E-state index contributed by atoms with van der Waals surface area (Å²) in [6, 6.07) is 21.7. The molecule has 6 heteroatoms. The Bertz CT molecular complexity index is 1360. The van der Waals surface area contributed by atoms with Crippen LogP contribution >= 0.6 is 15.9 Å². The molecule has 1 heterocycles. The second-order valence-corrected chi connectivity index (χ2v) is 12.8. The van der Waals surface area contributed by atoms with Crippen LogP contribution in [0.4, 0.5) is 11.4 Å². The normalized spacial score (nSPS) is 21.5. The van der Waals surface area contributed by atoms with Crippen molar-refractivity contribution < 1.29 is 8.42 Å². The Labute approximate surface area is 210 Å². The first-order valence-corrected chi connectivity index (χ1v) is 13.9. The van der Waals surface area contributed by atoms with Gasteiger partial charge < -0.3 is 5.32 Å². The molecule has 34 heavy (non-hydrogen) atoms. The third-order valence-electron chi connectivity index (χ3n) is 6.86.